The maximum Gasteiger partial charge on any atom is 0.340 e. The second-order valence-electron chi connectivity index (χ2n) is 6.28. The van der Waals surface area contributed by atoms with Gasteiger partial charge in [0, 0.05) is 12.1 Å². The van der Waals surface area contributed by atoms with Crippen molar-refractivity contribution < 1.29 is 27.4 Å². The Morgan fingerprint density at radius 3 is 2.60 bits per heavy atom. The summed E-state index contributed by atoms with van der Waals surface area (Å²) in [4.78, 5) is 22.5. The molecule has 0 aliphatic heterocycles. The Balaban J connectivity index is 1.83. The number of nitrogens with one attached hydrogen (secondary N) is 1. The summed E-state index contributed by atoms with van der Waals surface area (Å²) in [6.45, 7) is 3.30. The Labute approximate surface area is 171 Å². The third-order valence-corrected chi connectivity index (χ3v) is 5.62. The normalized spacial score (nSPS) is 11.1. The van der Waals surface area contributed by atoms with Crippen LogP contribution in [0.2, 0.25) is 0 Å². The number of benzene rings is 2. The van der Waals surface area contributed by atoms with E-state index in [2.05, 4.69) is 9.88 Å². The molecule has 2 aromatic carbocycles. The van der Waals surface area contributed by atoms with E-state index >= 15 is 0 Å². The number of aryl methyl sites for hydroxylation is 2. The Hall–Kier alpha value is -3.73. The number of anilines is 1. The first-order chi connectivity index (χ1) is 14.2. The molecule has 0 saturated carbocycles. The number of nitro benzene ring substituents is 1. The molecule has 0 spiro atoms. The summed E-state index contributed by atoms with van der Waals surface area (Å²) >= 11 is 0. The van der Waals surface area contributed by atoms with Gasteiger partial charge in [-0.05, 0) is 32.0 Å². The minimum Gasteiger partial charge on any atom is -0.457 e. The molecule has 0 unspecified atom stereocenters. The molecule has 0 atom stereocenters. The lowest BCUT2D eigenvalue weighted by Crippen LogP contribution is -2.16. The van der Waals surface area contributed by atoms with Crippen molar-refractivity contribution in [1.29, 1.82) is 0 Å². The lowest BCUT2D eigenvalue weighted by Gasteiger charge is -2.12. The minimum absolute atomic E-state index is 0.0155. The van der Waals surface area contributed by atoms with Crippen molar-refractivity contribution in [3.05, 3.63) is 81.2 Å². The number of nitrogens with zero attached hydrogens (tertiary/aromatic N) is 2. The van der Waals surface area contributed by atoms with Crippen molar-refractivity contribution >= 4 is 27.4 Å². The number of esters is 1. The average molecular weight is 431 g/mol. The number of ether oxygens (including phenoxy) is 1. The van der Waals surface area contributed by atoms with Gasteiger partial charge in [-0.15, -0.1) is 0 Å². The molecule has 0 radical (unpaired) electrons. The van der Waals surface area contributed by atoms with E-state index in [1.165, 1.54) is 36.4 Å². The van der Waals surface area contributed by atoms with E-state index in [4.69, 9.17) is 9.26 Å². The summed E-state index contributed by atoms with van der Waals surface area (Å²) < 4.78 is 37.9. The standard InChI is InChI=1S/C19H17N3O7S/c1-12-17(13(2)29-20-12)11-28-19(23)16-8-3-4-9-18(16)21-30(26,27)15-7-5-6-14(10-15)22(24)25/h3-10,21H,11H2,1-2H3. The molecule has 0 aliphatic rings. The Morgan fingerprint density at radius 2 is 1.93 bits per heavy atom. The summed E-state index contributed by atoms with van der Waals surface area (Å²) in [5.41, 5.74) is 0.800. The first-order valence-electron chi connectivity index (χ1n) is 8.64. The van der Waals surface area contributed by atoms with Crippen LogP contribution in [0.5, 0.6) is 0 Å². The van der Waals surface area contributed by atoms with Crippen LogP contribution in [0, 0.1) is 24.0 Å². The molecule has 3 rings (SSSR count). The second-order valence-corrected chi connectivity index (χ2v) is 7.97. The van der Waals surface area contributed by atoms with Gasteiger partial charge in [0.1, 0.15) is 12.4 Å². The maximum absolute atomic E-state index is 12.7. The van der Waals surface area contributed by atoms with E-state index in [9.17, 15) is 23.3 Å². The van der Waals surface area contributed by atoms with Crippen molar-refractivity contribution in [2.75, 3.05) is 4.72 Å². The number of sulfonamides is 1. The number of rotatable bonds is 7. The molecule has 10 nitrogen and oxygen atoms in total. The highest BCUT2D eigenvalue weighted by molar-refractivity contribution is 7.92. The van der Waals surface area contributed by atoms with Crippen LogP contribution in [0.15, 0.2) is 57.9 Å². The minimum atomic E-state index is -4.18. The number of hydrogen-bond acceptors (Lipinski definition) is 8. The first-order valence-corrected chi connectivity index (χ1v) is 10.1. The van der Waals surface area contributed by atoms with Crippen LogP contribution in [0.3, 0.4) is 0 Å². The topological polar surface area (TPSA) is 142 Å². The third kappa shape index (κ3) is 4.46. The number of non-ortho nitro benzene ring substituents is 1. The molecule has 11 heteroatoms. The van der Waals surface area contributed by atoms with Crippen molar-refractivity contribution in [3.63, 3.8) is 0 Å². The van der Waals surface area contributed by atoms with E-state index in [-0.39, 0.29) is 28.4 Å². The molecule has 156 valence electrons. The SMILES string of the molecule is Cc1noc(C)c1COC(=O)c1ccccc1NS(=O)(=O)c1cccc([N+](=O)[O-])c1. The molecule has 1 heterocycles. The maximum atomic E-state index is 12.7. The van der Waals surface area contributed by atoms with Crippen LogP contribution in [-0.2, 0) is 21.4 Å². The molecule has 0 aliphatic carbocycles. The van der Waals surface area contributed by atoms with Crippen LogP contribution >= 0.6 is 0 Å². The quantitative estimate of drug-likeness (QED) is 0.341. The van der Waals surface area contributed by atoms with E-state index in [1.807, 2.05) is 0 Å². The molecule has 0 fully saturated rings. The fourth-order valence-electron chi connectivity index (χ4n) is 2.64. The zero-order valence-corrected chi connectivity index (χ0v) is 16.8. The lowest BCUT2D eigenvalue weighted by molar-refractivity contribution is -0.385. The highest BCUT2D eigenvalue weighted by atomic mass is 32.2. The largest absolute Gasteiger partial charge is 0.457 e. The summed E-state index contributed by atoms with van der Waals surface area (Å²) in [6, 6.07) is 10.5. The zero-order valence-electron chi connectivity index (χ0n) is 16.0. The summed E-state index contributed by atoms with van der Waals surface area (Å²) in [5.74, 6) is -0.243. The van der Waals surface area contributed by atoms with Gasteiger partial charge in [-0.25, -0.2) is 13.2 Å². The van der Waals surface area contributed by atoms with Gasteiger partial charge in [-0.1, -0.05) is 23.4 Å². The van der Waals surface area contributed by atoms with Gasteiger partial charge in [0.25, 0.3) is 15.7 Å². The smallest absolute Gasteiger partial charge is 0.340 e. The second kappa shape index (κ2) is 8.33. The van der Waals surface area contributed by atoms with Gasteiger partial charge in [0.2, 0.25) is 0 Å². The molecule has 0 bridgehead atoms. The monoisotopic (exact) mass is 431 g/mol. The van der Waals surface area contributed by atoms with Gasteiger partial charge in [0.05, 0.1) is 32.3 Å². The number of para-hydroxylation sites is 1. The predicted molar refractivity (Wildman–Crippen MR) is 105 cm³/mol. The lowest BCUT2D eigenvalue weighted by atomic mass is 10.2. The average Bonchev–Trinajstić information content (AvgIpc) is 3.04. The van der Waals surface area contributed by atoms with Gasteiger partial charge in [0.15, 0.2) is 0 Å². The van der Waals surface area contributed by atoms with Crippen LogP contribution in [0.1, 0.15) is 27.4 Å². The highest BCUT2D eigenvalue weighted by Gasteiger charge is 2.22. The molecular formula is C19H17N3O7S. The molecule has 3 aromatic rings. The molecule has 30 heavy (non-hydrogen) atoms. The predicted octanol–water partition coefficient (Wildman–Crippen LogP) is 3.36. The molecular weight excluding hydrogens is 414 g/mol. The van der Waals surface area contributed by atoms with Crippen molar-refractivity contribution in [3.8, 4) is 0 Å². The van der Waals surface area contributed by atoms with E-state index in [0.717, 1.165) is 6.07 Å². The fraction of sp³-hybridized carbons (Fsp3) is 0.158. The molecule has 1 aromatic heterocycles. The number of carbonyl (C=O) groups excluding carboxylic acids is 1. The van der Waals surface area contributed by atoms with Crippen LogP contribution in [0.4, 0.5) is 11.4 Å². The van der Waals surface area contributed by atoms with E-state index < -0.39 is 20.9 Å². The van der Waals surface area contributed by atoms with Gasteiger partial charge < -0.3 is 9.26 Å². The van der Waals surface area contributed by atoms with Crippen molar-refractivity contribution in [1.82, 2.24) is 5.16 Å². The Bertz CT molecular complexity index is 1200. The molecule has 1 N–H and O–H groups in total. The van der Waals surface area contributed by atoms with Crippen molar-refractivity contribution in [2.45, 2.75) is 25.3 Å². The zero-order chi connectivity index (χ0) is 21.9. The number of nitro groups is 1. The highest BCUT2D eigenvalue weighted by Crippen LogP contribution is 2.24. The van der Waals surface area contributed by atoms with E-state index in [0.29, 0.717) is 17.0 Å². The number of aromatic nitrogens is 1. The summed E-state index contributed by atoms with van der Waals surface area (Å²) in [5, 5.41) is 14.7. The van der Waals surface area contributed by atoms with Gasteiger partial charge in [-0.3, -0.25) is 14.8 Å². The Morgan fingerprint density at radius 1 is 1.20 bits per heavy atom. The van der Waals surface area contributed by atoms with E-state index in [1.54, 1.807) is 19.9 Å². The van der Waals surface area contributed by atoms with Gasteiger partial charge >= 0.3 is 5.97 Å². The van der Waals surface area contributed by atoms with Crippen LogP contribution in [-0.4, -0.2) is 24.5 Å². The fourth-order valence-corrected chi connectivity index (χ4v) is 3.76. The van der Waals surface area contributed by atoms with Gasteiger partial charge in [-0.2, -0.15) is 0 Å². The van der Waals surface area contributed by atoms with Crippen LogP contribution in [0.25, 0.3) is 0 Å². The molecule has 0 saturated heterocycles. The Kier molecular flexibility index (Phi) is 5.83. The van der Waals surface area contributed by atoms with Crippen LogP contribution < -0.4 is 4.72 Å². The third-order valence-electron chi connectivity index (χ3n) is 4.26. The summed E-state index contributed by atoms with van der Waals surface area (Å²) in [6.07, 6.45) is 0. The van der Waals surface area contributed by atoms with Crippen molar-refractivity contribution in [2.24, 2.45) is 0 Å². The summed E-state index contributed by atoms with van der Waals surface area (Å²) in [7, 11) is -4.18. The first kappa shape index (κ1) is 21.0. The number of carbonyl (C=O) groups is 1. The number of hydrogen-bond donors (Lipinski definition) is 1. The molecule has 0 amide bonds.